The predicted molar refractivity (Wildman–Crippen MR) is 115 cm³/mol. The van der Waals surface area contributed by atoms with Gasteiger partial charge in [0.2, 0.25) is 5.95 Å². The Morgan fingerprint density at radius 1 is 1.13 bits per heavy atom. The van der Waals surface area contributed by atoms with Gasteiger partial charge in [0.05, 0.1) is 6.20 Å². The Morgan fingerprint density at radius 3 is 2.77 bits per heavy atom. The lowest BCUT2D eigenvalue weighted by Crippen LogP contribution is -2.23. The van der Waals surface area contributed by atoms with Crippen molar-refractivity contribution in [2.75, 3.05) is 31.2 Å². The van der Waals surface area contributed by atoms with Crippen LogP contribution >= 0.6 is 0 Å². The molecule has 0 aromatic carbocycles. The number of fused-ring (bicyclic) bond motifs is 1. The van der Waals surface area contributed by atoms with E-state index in [4.69, 9.17) is 10.7 Å². The van der Waals surface area contributed by atoms with Gasteiger partial charge in [0.25, 0.3) is 0 Å². The second-order valence-corrected chi connectivity index (χ2v) is 7.36. The maximum atomic E-state index is 5.91. The first-order chi connectivity index (χ1) is 14.6. The van der Waals surface area contributed by atoms with Crippen LogP contribution < -0.4 is 11.1 Å². The Morgan fingerprint density at radius 2 is 2.03 bits per heavy atom. The molecule has 0 saturated carbocycles. The summed E-state index contributed by atoms with van der Waals surface area (Å²) in [6, 6.07) is 5.94. The van der Waals surface area contributed by atoms with Crippen LogP contribution in [0.3, 0.4) is 0 Å². The fourth-order valence-corrected chi connectivity index (χ4v) is 3.63. The van der Waals surface area contributed by atoms with Crippen molar-refractivity contribution in [3.63, 3.8) is 0 Å². The summed E-state index contributed by atoms with van der Waals surface area (Å²) >= 11 is 0. The highest BCUT2D eigenvalue weighted by Gasteiger charge is 2.20. The fraction of sp³-hybridized carbons (Fsp3) is 0.250. The van der Waals surface area contributed by atoms with Crippen molar-refractivity contribution in [2.24, 2.45) is 0 Å². The molecule has 0 spiro atoms. The molecule has 0 fully saturated rings. The number of aryl methyl sites for hydroxylation is 1. The van der Waals surface area contributed by atoms with Crippen molar-refractivity contribution in [1.82, 2.24) is 39.4 Å². The number of rotatable bonds is 4. The molecule has 4 aromatic rings. The van der Waals surface area contributed by atoms with E-state index < -0.39 is 0 Å². The quantitative estimate of drug-likeness (QED) is 0.475. The average Bonchev–Trinajstić information content (AvgIpc) is 3.35. The second-order valence-electron chi connectivity index (χ2n) is 7.36. The third-order valence-corrected chi connectivity index (χ3v) is 5.13. The monoisotopic (exact) mass is 402 g/mol. The minimum absolute atomic E-state index is 0.175. The van der Waals surface area contributed by atoms with Gasteiger partial charge in [0, 0.05) is 25.4 Å². The number of pyridine rings is 1. The van der Waals surface area contributed by atoms with Gasteiger partial charge in [-0.05, 0) is 43.7 Å². The molecule has 0 aliphatic carbocycles. The molecule has 0 saturated heterocycles. The highest BCUT2D eigenvalue weighted by molar-refractivity contribution is 5.77. The first-order valence-electron chi connectivity index (χ1n) is 9.72. The van der Waals surface area contributed by atoms with Crippen LogP contribution in [0.1, 0.15) is 17.8 Å². The van der Waals surface area contributed by atoms with Crippen LogP contribution in [0.5, 0.6) is 0 Å². The van der Waals surface area contributed by atoms with E-state index in [1.807, 2.05) is 16.5 Å². The van der Waals surface area contributed by atoms with Crippen LogP contribution in [0.15, 0.2) is 36.7 Å². The summed E-state index contributed by atoms with van der Waals surface area (Å²) in [6.07, 6.45) is 7.04. The molecule has 10 heteroatoms. The topological polar surface area (TPSA) is 126 Å². The van der Waals surface area contributed by atoms with E-state index >= 15 is 0 Å². The molecular formula is C20H22N10. The number of aromatic amines is 1. The fourth-order valence-electron chi connectivity index (χ4n) is 3.63. The SMILES string of the molecule is Cc1nc(N)nc(-c2c(Nc3ccn[nH]3)nc3ccc(C4=CCN(C)CC4)cn23)n1. The maximum Gasteiger partial charge on any atom is 0.223 e. The number of nitrogens with two attached hydrogens (primary N) is 1. The molecule has 30 heavy (non-hydrogen) atoms. The van der Waals surface area contributed by atoms with Crippen molar-refractivity contribution in [3.8, 4) is 11.5 Å². The third kappa shape index (κ3) is 3.37. The Bertz CT molecular complexity index is 1220. The minimum atomic E-state index is 0.175. The summed E-state index contributed by atoms with van der Waals surface area (Å²) in [5, 5.41) is 10.2. The van der Waals surface area contributed by atoms with Crippen LogP contribution in [0.4, 0.5) is 17.6 Å². The van der Waals surface area contributed by atoms with Gasteiger partial charge in [0.15, 0.2) is 11.6 Å². The van der Waals surface area contributed by atoms with Crippen molar-refractivity contribution in [3.05, 3.63) is 48.1 Å². The number of imidazole rings is 1. The van der Waals surface area contributed by atoms with E-state index in [1.165, 1.54) is 5.57 Å². The summed E-state index contributed by atoms with van der Waals surface area (Å²) in [6.45, 7) is 3.78. The lowest BCUT2D eigenvalue weighted by Gasteiger charge is -2.22. The Balaban J connectivity index is 1.69. The number of nitrogens with one attached hydrogen (secondary N) is 2. The average molecular weight is 402 g/mol. The molecule has 10 nitrogen and oxygen atoms in total. The third-order valence-electron chi connectivity index (χ3n) is 5.13. The van der Waals surface area contributed by atoms with Crippen LogP contribution in [0.2, 0.25) is 0 Å². The van der Waals surface area contributed by atoms with E-state index in [1.54, 1.807) is 13.1 Å². The summed E-state index contributed by atoms with van der Waals surface area (Å²) in [5.41, 5.74) is 9.88. The first kappa shape index (κ1) is 18.3. The van der Waals surface area contributed by atoms with Gasteiger partial charge in [0.1, 0.15) is 23.0 Å². The largest absolute Gasteiger partial charge is 0.368 e. The van der Waals surface area contributed by atoms with Crippen molar-refractivity contribution in [2.45, 2.75) is 13.3 Å². The Hall–Kier alpha value is -3.79. The molecule has 0 atom stereocenters. The molecule has 0 radical (unpaired) electrons. The number of nitrogen functional groups attached to an aromatic ring is 1. The van der Waals surface area contributed by atoms with Crippen LogP contribution in [-0.2, 0) is 0 Å². The summed E-state index contributed by atoms with van der Waals surface area (Å²) in [5.74, 6) is 2.52. The number of H-pyrrole nitrogens is 1. The number of likely N-dealkylation sites (N-methyl/N-ethyl adjacent to an activating group) is 1. The van der Waals surface area contributed by atoms with E-state index in [0.717, 1.165) is 36.5 Å². The molecule has 5 rings (SSSR count). The molecule has 0 unspecified atom stereocenters. The highest BCUT2D eigenvalue weighted by atomic mass is 15.2. The van der Waals surface area contributed by atoms with Gasteiger partial charge < -0.3 is 16.0 Å². The summed E-state index contributed by atoms with van der Waals surface area (Å²) in [7, 11) is 2.13. The van der Waals surface area contributed by atoms with Crippen LogP contribution in [-0.4, -0.2) is 59.6 Å². The van der Waals surface area contributed by atoms with Crippen molar-refractivity contribution >= 4 is 28.8 Å². The number of aromatic nitrogens is 7. The molecule has 1 aliphatic rings. The van der Waals surface area contributed by atoms with Crippen LogP contribution in [0, 0.1) is 6.92 Å². The zero-order valence-corrected chi connectivity index (χ0v) is 16.8. The normalized spacial score (nSPS) is 14.8. The molecule has 152 valence electrons. The number of nitrogens with zero attached hydrogens (tertiary/aromatic N) is 7. The lowest BCUT2D eigenvalue weighted by atomic mass is 10.0. The molecule has 4 aromatic heterocycles. The van der Waals surface area contributed by atoms with Crippen molar-refractivity contribution in [1.29, 1.82) is 0 Å². The van der Waals surface area contributed by atoms with Gasteiger partial charge in [-0.25, -0.2) is 9.97 Å². The maximum absolute atomic E-state index is 5.91. The minimum Gasteiger partial charge on any atom is -0.368 e. The molecule has 0 bridgehead atoms. The summed E-state index contributed by atoms with van der Waals surface area (Å²) in [4.78, 5) is 20.1. The highest BCUT2D eigenvalue weighted by Crippen LogP contribution is 2.31. The molecular weight excluding hydrogens is 380 g/mol. The Kier molecular flexibility index (Phi) is 4.40. The number of hydrogen-bond acceptors (Lipinski definition) is 8. The zero-order chi connectivity index (χ0) is 20.7. The Labute approximate surface area is 172 Å². The second kappa shape index (κ2) is 7.23. The number of anilines is 3. The molecule has 1 aliphatic heterocycles. The standard InChI is InChI=1S/C20H22N10/c1-12-23-18(27-20(21)24-12)17-19(25-15-5-8-22-28-15)26-16-4-3-14(11-30(16)17)13-6-9-29(2)10-7-13/h3-6,8,11H,7,9-10H2,1-2H3,(H2,22,25,28)(H2,21,23,24,27). The predicted octanol–water partition coefficient (Wildman–Crippen LogP) is 2.26. The van der Waals surface area contributed by atoms with Gasteiger partial charge in [-0.3, -0.25) is 9.50 Å². The van der Waals surface area contributed by atoms with Gasteiger partial charge in [-0.15, -0.1) is 0 Å². The van der Waals surface area contributed by atoms with Gasteiger partial charge in [-0.1, -0.05) is 6.08 Å². The summed E-state index contributed by atoms with van der Waals surface area (Å²) < 4.78 is 2.00. The van der Waals surface area contributed by atoms with E-state index in [-0.39, 0.29) is 5.95 Å². The number of hydrogen-bond donors (Lipinski definition) is 3. The van der Waals surface area contributed by atoms with Crippen LogP contribution in [0.25, 0.3) is 22.7 Å². The first-order valence-corrected chi connectivity index (χ1v) is 9.72. The molecule has 5 heterocycles. The molecule has 0 amide bonds. The zero-order valence-electron chi connectivity index (χ0n) is 16.8. The molecule has 4 N–H and O–H groups in total. The van der Waals surface area contributed by atoms with Gasteiger partial charge in [-0.2, -0.15) is 15.1 Å². The smallest absolute Gasteiger partial charge is 0.223 e. The van der Waals surface area contributed by atoms with Crippen molar-refractivity contribution < 1.29 is 0 Å². The van der Waals surface area contributed by atoms with E-state index in [0.29, 0.717) is 23.2 Å². The van der Waals surface area contributed by atoms with E-state index in [9.17, 15) is 0 Å². The van der Waals surface area contributed by atoms with Gasteiger partial charge >= 0.3 is 0 Å². The lowest BCUT2D eigenvalue weighted by molar-refractivity contribution is 0.370. The van der Waals surface area contributed by atoms with E-state index in [2.05, 4.69) is 60.8 Å².